The van der Waals surface area contributed by atoms with Crippen molar-refractivity contribution in [1.82, 2.24) is 15.1 Å². The smallest absolute Gasteiger partial charge is 0.184 e. The topological polar surface area (TPSA) is 46.9 Å². The second kappa shape index (κ2) is 6.27. The summed E-state index contributed by atoms with van der Waals surface area (Å²) in [5.41, 5.74) is 0.493. The molecule has 1 aliphatic rings. The summed E-state index contributed by atoms with van der Waals surface area (Å²) in [5.74, 6) is 0.0949. The van der Waals surface area contributed by atoms with Crippen molar-refractivity contribution < 1.29 is 4.79 Å². The van der Waals surface area contributed by atoms with Crippen LogP contribution in [0.3, 0.4) is 0 Å². The number of hydrogen-bond acceptors (Lipinski definition) is 3. The van der Waals surface area contributed by atoms with Gasteiger partial charge in [-0.15, -0.1) is 0 Å². The average molecular weight is 298 g/mol. The van der Waals surface area contributed by atoms with Crippen LogP contribution in [-0.2, 0) is 0 Å². The van der Waals surface area contributed by atoms with Crippen molar-refractivity contribution in [1.29, 1.82) is 0 Å². The molecule has 0 atom stereocenters. The molecule has 5 heteroatoms. The van der Waals surface area contributed by atoms with Crippen molar-refractivity contribution in [2.24, 2.45) is 0 Å². The van der Waals surface area contributed by atoms with Crippen molar-refractivity contribution in [3.8, 4) is 0 Å². The number of hydrogen-bond donors (Lipinski definition) is 1. The van der Waals surface area contributed by atoms with Crippen LogP contribution < -0.4 is 5.32 Å². The molecule has 1 fully saturated rings. The summed E-state index contributed by atoms with van der Waals surface area (Å²) < 4.78 is 1.73. The quantitative estimate of drug-likeness (QED) is 0.845. The third kappa shape index (κ3) is 3.07. The third-order valence-electron chi connectivity index (χ3n) is 4.34. The lowest BCUT2D eigenvalue weighted by molar-refractivity contribution is 0.0902. The maximum Gasteiger partial charge on any atom is 0.184 e. The Morgan fingerprint density at radius 3 is 2.65 bits per heavy atom. The highest BCUT2D eigenvalue weighted by Gasteiger charge is 2.34. The van der Waals surface area contributed by atoms with E-state index in [9.17, 15) is 4.79 Å². The van der Waals surface area contributed by atoms with E-state index in [2.05, 4.69) is 10.4 Å². The second-order valence-electron chi connectivity index (χ2n) is 6.07. The van der Waals surface area contributed by atoms with E-state index in [0.29, 0.717) is 17.1 Å². The Morgan fingerprint density at radius 1 is 1.45 bits per heavy atom. The Balaban J connectivity index is 2.21. The van der Waals surface area contributed by atoms with Crippen LogP contribution in [0.2, 0.25) is 5.02 Å². The molecular formula is C15H24ClN3O. The lowest BCUT2D eigenvalue weighted by Gasteiger charge is -2.36. The van der Waals surface area contributed by atoms with Crippen LogP contribution in [-0.4, -0.2) is 28.2 Å². The molecule has 0 bridgehead atoms. The molecule has 2 rings (SSSR count). The lowest BCUT2D eigenvalue weighted by Crippen LogP contribution is -2.46. The predicted molar refractivity (Wildman–Crippen MR) is 81.4 cm³/mol. The maximum absolute atomic E-state index is 12.7. The molecule has 0 unspecified atom stereocenters. The first-order valence-corrected chi connectivity index (χ1v) is 7.82. The summed E-state index contributed by atoms with van der Waals surface area (Å²) in [4.78, 5) is 12.7. The summed E-state index contributed by atoms with van der Waals surface area (Å²) >= 11 is 6.17. The van der Waals surface area contributed by atoms with Gasteiger partial charge in [-0.1, -0.05) is 30.9 Å². The number of rotatable bonds is 5. The van der Waals surface area contributed by atoms with E-state index >= 15 is 0 Å². The van der Waals surface area contributed by atoms with Crippen LogP contribution in [0.25, 0.3) is 0 Å². The van der Waals surface area contributed by atoms with Gasteiger partial charge in [0, 0.05) is 18.0 Å². The maximum atomic E-state index is 12.7. The van der Waals surface area contributed by atoms with Gasteiger partial charge in [-0.2, -0.15) is 5.10 Å². The zero-order valence-electron chi connectivity index (χ0n) is 12.6. The standard InChI is InChI=1S/C15H24ClN3O/c1-11(2)19-14(12(16)10-18-19)13(20)9-15(17-3)7-5-4-6-8-15/h10-11,17H,4-9H2,1-3H3. The highest BCUT2D eigenvalue weighted by atomic mass is 35.5. The molecule has 1 heterocycles. The van der Waals surface area contributed by atoms with Gasteiger partial charge in [0.15, 0.2) is 5.78 Å². The monoisotopic (exact) mass is 297 g/mol. The Kier molecular flexibility index (Phi) is 4.86. The average Bonchev–Trinajstić information content (AvgIpc) is 2.82. The van der Waals surface area contributed by atoms with Crippen LogP contribution in [0.4, 0.5) is 0 Å². The van der Waals surface area contributed by atoms with Crippen molar-refractivity contribution in [3.05, 3.63) is 16.9 Å². The molecular weight excluding hydrogens is 274 g/mol. The molecule has 0 radical (unpaired) electrons. The number of aromatic nitrogens is 2. The van der Waals surface area contributed by atoms with Gasteiger partial charge in [0.25, 0.3) is 0 Å². The van der Waals surface area contributed by atoms with Crippen LogP contribution in [0.1, 0.15) is 68.9 Å². The third-order valence-corrected chi connectivity index (χ3v) is 4.62. The normalized spacial score (nSPS) is 18.4. The van der Waals surface area contributed by atoms with Gasteiger partial charge in [0.2, 0.25) is 0 Å². The van der Waals surface area contributed by atoms with E-state index < -0.39 is 0 Å². The van der Waals surface area contributed by atoms with E-state index in [1.165, 1.54) is 19.3 Å². The fourth-order valence-electron chi connectivity index (χ4n) is 3.13. The van der Waals surface area contributed by atoms with Gasteiger partial charge in [-0.3, -0.25) is 9.48 Å². The fraction of sp³-hybridized carbons (Fsp3) is 0.733. The first kappa shape index (κ1) is 15.5. The molecule has 1 aliphatic carbocycles. The number of carbonyl (C=O) groups is 1. The van der Waals surface area contributed by atoms with Crippen molar-refractivity contribution >= 4 is 17.4 Å². The minimum atomic E-state index is -0.0647. The summed E-state index contributed by atoms with van der Waals surface area (Å²) in [6.45, 7) is 4.02. The molecule has 1 N–H and O–H groups in total. The van der Waals surface area contributed by atoms with Gasteiger partial charge in [-0.25, -0.2) is 0 Å². The molecule has 0 aliphatic heterocycles. The lowest BCUT2D eigenvalue weighted by atomic mass is 9.78. The van der Waals surface area contributed by atoms with Crippen molar-refractivity contribution in [3.63, 3.8) is 0 Å². The number of nitrogens with zero attached hydrogens (tertiary/aromatic N) is 2. The highest BCUT2D eigenvalue weighted by Crippen LogP contribution is 2.33. The number of ketones is 1. The molecule has 0 spiro atoms. The first-order valence-electron chi connectivity index (χ1n) is 7.44. The molecule has 0 amide bonds. The second-order valence-corrected chi connectivity index (χ2v) is 6.48. The number of nitrogens with one attached hydrogen (secondary N) is 1. The SMILES string of the molecule is CNC1(CC(=O)c2c(Cl)cnn2C(C)C)CCCCC1. The van der Waals surface area contributed by atoms with E-state index in [-0.39, 0.29) is 17.4 Å². The van der Waals surface area contributed by atoms with Crippen molar-refractivity contribution in [2.45, 2.75) is 64.0 Å². The Morgan fingerprint density at radius 2 is 2.10 bits per heavy atom. The molecule has 0 saturated heterocycles. The van der Waals surface area contributed by atoms with Gasteiger partial charge in [0.1, 0.15) is 5.69 Å². The molecule has 1 saturated carbocycles. The van der Waals surface area contributed by atoms with Gasteiger partial charge in [-0.05, 0) is 33.7 Å². The molecule has 4 nitrogen and oxygen atoms in total. The number of carbonyl (C=O) groups excluding carboxylic acids is 1. The first-order chi connectivity index (χ1) is 9.49. The van der Waals surface area contributed by atoms with E-state index in [4.69, 9.17) is 11.6 Å². The van der Waals surface area contributed by atoms with E-state index in [1.807, 2.05) is 20.9 Å². The fourth-order valence-corrected chi connectivity index (χ4v) is 3.36. The van der Waals surface area contributed by atoms with E-state index in [0.717, 1.165) is 12.8 Å². The summed E-state index contributed by atoms with van der Waals surface area (Å²) in [6, 6.07) is 0.137. The van der Waals surface area contributed by atoms with Gasteiger partial charge >= 0.3 is 0 Å². The molecule has 0 aromatic carbocycles. The zero-order chi connectivity index (χ0) is 14.8. The Hall–Kier alpha value is -0.870. The van der Waals surface area contributed by atoms with E-state index in [1.54, 1.807) is 10.9 Å². The molecule has 112 valence electrons. The van der Waals surface area contributed by atoms with Crippen LogP contribution in [0.5, 0.6) is 0 Å². The minimum absolute atomic E-state index is 0.0647. The van der Waals surface area contributed by atoms with Crippen LogP contribution in [0.15, 0.2) is 6.20 Å². The van der Waals surface area contributed by atoms with Gasteiger partial charge < -0.3 is 5.32 Å². The van der Waals surface area contributed by atoms with Crippen LogP contribution in [0, 0.1) is 0 Å². The molecule has 20 heavy (non-hydrogen) atoms. The summed E-state index contributed by atoms with van der Waals surface area (Å²) in [5, 5.41) is 8.07. The highest BCUT2D eigenvalue weighted by molar-refractivity contribution is 6.33. The zero-order valence-corrected chi connectivity index (χ0v) is 13.3. The summed E-state index contributed by atoms with van der Waals surface area (Å²) in [7, 11) is 1.96. The largest absolute Gasteiger partial charge is 0.314 e. The molecule has 1 aromatic heterocycles. The van der Waals surface area contributed by atoms with Crippen molar-refractivity contribution in [2.75, 3.05) is 7.05 Å². The predicted octanol–water partition coefficient (Wildman–Crippen LogP) is 3.61. The van der Waals surface area contributed by atoms with Gasteiger partial charge in [0.05, 0.1) is 11.2 Å². The number of Topliss-reactive ketones (excluding diaryl/α,β-unsaturated/α-hetero) is 1. The Bertz CT molecular complexity index is 475. The Labute approximate surface area is 125 Å². The number of halogens is 1. The van der Waals surface area contributed by atoms with Crippen LogP contribution >= 0.6 is 11.6 Å². The summed E-state index contributed by atoms with van der Waals surface area (Å²) in [6.07, 6.45) is 7.83. The molecule has 1 aromatic rings. The minimum Gasteiger partial charge on any atom is -0.314 e.